The van der Waals surface area contributed by atoms with Gasteiger partial charge >= 0.3 is 0 Å². The van der Waals surface area contributed by atoms with E-state index in [-0.39, 0.29) is 0 Å². The van der Waals surface area contributed by atoms with Crippen LogP contribution in [0, 0.1) is 4.64 Å². The van der Waals surface area contributed by atoms with E-state index in [1.165, 1.54) is 0 Å². The van der Waals surface area contributed by atoms with E-state index in [2.05, 4.69) is 46.8 Å². The molecule has 0 fully saturated rings. The summed E-state index contributed by atoms with van der Waals surface area (Å²) in [6, 6.07) is 1.93. The Morgan fingerprint density at radius 3 is 3.00 bits per heavy atom. The highest BCUT2D eigenvalue weighted by atomic mass is 79.9. The van der Waals surface area contributed by atoms with E-state index in [4.69, 9.17) is 17.0 Å². The summed E-state index contributed by atoms with van der Waals surface area (Å²) in [5.74, 6) is 0.685. The van der Waals surface area contributed by atoms with E-state index in [0.717, 1.165) is 32.3 Å². The van der Waals surface area contributed by atoms with Crippen LogP contribution in [0.15, 0.2) is 21.2 Å². The van der Waals surface area contributed by atoms with Crippen molar-refractivity contribution in [3.8, 4) is 11.5 Å². The van der Waals surface area contributed by atoms with Crippen LogP contribution in [0.2, 0.25) is 0 Å². The highest BCUT2D eigenvalue weighted by Crippen LogP contribution is 2.27. The van der Waals surface area contributed by atoms with Crippen LogP contribution in [0.4, 0.5) is 0 Å². The Balaban J connectivity index is 2.15. The van der Waals surface area contributed by atoms with Crippen LogP contribution in [-0.2, 0) is 17.8 Å². The lowest BCUT2D eigenvalue weighted by Gasteiger charge is -2.17. The second-order valence-corrected chi connectivity index (χ2v) is 6.29. The monoisotopic (exact) mass is 401 g/mol. The van der Waals surface area contributed by atoms with E-state index in [9.17, 15) is 0 Å². The largest absolute Gasteiger partial charge is 0.376 e. The normalized spacial score (nSPS) is 14.2. The summed E-state index contributed by atoms with van der Waals surface area (Å²) in [7, 11) is 0. The number of hydrogen-bond acceptors (Lipinski definition) is 4. The number of aromatic nitrogens is 3. The van der Waals surface area contributed by atoms with Gasteiger partial charge < -0.3 is 9.72 Å². The zero-order chi connectivity index (χ0) is 13.4. The Kier molecular flexibility index (Phi) is 3.79. The van der Waals surface area contributed by atoms with Gasteiger partial charge in [0.15, 0.2) is 5.82 Å². The molecule has 3 heterocycles. The molecule has 4 nitrogen and oxygen atoms in total. The van der Waals surface area contributed by atoms with Crippen molar-refractivity contribution in [2.45, 2.75) is 13.0 Å². The molecule has 19 heavy (non-hydrogen) atoms. The lowest BCUT2D eigenvalue weighted by molar-refractivity contribution is 0.108. The van der Waals surface area contributed by atoms with Crippen LogP contribution in [0.5, 0.6) is 0 Å². The molecule has 0 spiro atoms. The molecule has 0 aromatic carbocycles. The number of rotatable bonds is 1. The van der Waals surface area contributed by atoms with Gasteiger partial charge in [-0.15, -0.1) is 0 Å². The number of fused-ring (bicyclic) bond motifs is 1. The lowest BCUT2D eigenvalue weighted by Crippen LogP contribution is -2.14. The second kappa shape index (κ2) is 5.40. The van der Waals surface area contributed by atoms with Crippen molar-refractivity contribution in [1.29, 1.82) is 0 Å². The van der Waals surface area contributed by atoms with E-state index in [1.807, 2.05) is 6.07 Å². The fraction of sp³-hybridized carbons (Fsp3) is 0.250. The average Bonchev–Trinajstić information content (AvgIpc) is 2.38. The van der Waals surface area contributed by atoms with Gasteiger partial charge in [-0.3, -0.25) is 4.98 Å². The fourth-order valence-electron chi connectivity index (χ4n) is 1.96. The van der Waals surface area contributed by atoms with Gasteiger partial charge in [-0.2, -0.15) is 0 Å². The standard InChI is InChI=1S/C12H9Br2N3OS/c13-6-3-8(14)10(15-4-6)11-16-9-1-2-18-5-7(9)12(19)17-11/h3-4H,1-2,5H2,(H,16,17,19). The molecule has 1 N–H and O–H groups in total. The highest BCUT2D eigenvalue weighted by Gasteiger charge is 2.16. The van der Waals surface area contributed by atoms with E-state index in [0.29, 0.717) is 23.7 Å². The minimum atomic E-state index is 0.535. The Morgan fingerprint density at radius 1 is 1.37 bits per heavy atom. The van der Waals surface area contributed by atoms with E-state index < -0.39 is 0 Å². The topological polar surface area (TPSA) is 50.8 Å². The first-order valence-electron chi connectivity index (χ1n) is 5.66. The molecule has 0 aliphatic carbocycles. The van der Waals surface area contributed by atoms with Gasteiger partial charge in [0.25, 0.3) is 0 Å². The van der Waals surface area contributed by atoms with Crippen LogP contribution < -0.4 is 0 Å². The maximum absolute atomic E-state index is 5.40. The number of halogens is 2. The Morgan fingerprint density at radius 2 is 2.21 bits per heavy atom. The number of ether oxygens (including phenoxy) is 1. The molecule has 1 aliphatic heterocycles. The number of H-pyrrole nitrogens is 1. The maximum atomic E-state index is 5.40. The van der Waals surface area contributed by atoms with Crippen molar-refractivity contribution in [3.63, 3.8) is 0 Å². The predicted octanol–water partition coefficient (Wildman–Crippen LogP) is 3.80. The third-order valence-corrected chi connectivity index (χ3v) is 4.26. The Labute approximate surface area is 131 Å². The van der Waals surface area contributed by atoms with E-state index in [1.54, 1.807) is 6.20 Å². The molecule has 3 rings (SSSR count). The van der Waals surface area contributed by atoms with Gasteiger partial charge in [0.1, 0.15) is 10.3 Å². The van der Waals surface area contributed by atoms with Gasteiger partial charge in [0.2, 0.25) is 0 Å². The first-order valence-corrected chi connectivity index (χ1v) is 7.66. The quantitative estimate of drug-likeness (QED) is 0.737. The Hall–Kier alpha value is -0.630. The second-order valence-electron chi connectivity index (χ2n) is 4.13. The van der Waals surface area contributed by atoms with Crippen molar-refractivity contribution in [3.05, 3.63) is 37.1 Å². The summed E-state index contributed by atoms with van der Waals surface area (Å²) in [4.78, 5) is 12.1. The van der Waals surface area contributed by atoms with Crippen molar-refractivity contribution in [2.75, 3.05) is 6.61 Å². The third kappa shape index (κ3) is 2.65. The van der Waals surface area contributed by atoms with Crippen molar-refractivity contribution in [1.82, 2.24) is 15.0 Å². The molecule has 0 radical (unpaired) electrons. The van der Waals surface area contributed by atoms with Gasteiger partial charge in [-0.25, -0.2) is 4.98 Å². The van der Waals surface area contributed by atoms with Crippen LogP contribution in [0.3, 0.4) is 0 Å². The fourth-order valence-corrected chi connectivity index (χ4v) is 3.40. The summed E-state index contributed by atoms with van der Waals surface area (Å²) in [5.41, 5.74) is 2.83. The van der Waals surface area contributed by atoms with Crippen molar-refractivity contribution >= 4 is 44.1 Å². The zero-order valence-electron chi connectivity index (χ0n) is 9.74. The van der Waals surface area contributed by atoms with Gasteiger partial charge in [-0.1, -0.05) is 12.2 Å². The first kappa shape index (κ1) is 13.4. The zero-order valence-corrected chi connectivity index (χ0v) is 13.7. The number of hydrogen-bond donors (Lipinski definition) is 1. The molecule has 0 atom stereocenters. The first-order chi connectivity index (χ1) is 9.15. The van der Waals surface area contributed by atoms with Gasteiger partial charge in [0, 0.05) is 32.8 Å². The number of aromatic amines is 1. The maximum Gasteiger partial charge on any atom is 0.159 e. The summed E-state index contributed by atoms with van der Waals surface area (Å²) >= 11 is 12.2. The average molecular weight is 403 g/mol. The van der Waals surface area contributed by atoms with Crippen LogP contribution in [0.25, 0.3) is 11.5 Å². The summed E-state index contributed by atoms with van der Waals surface area (Å²) in [5, 5.41) is 0. The summed E-state index contributed by atoms with van der Waals surface area (Å²) in [6.07, 6.45) is 2.56. The lowest BCUT2D eigenvalue weighted by atomic mass is 10.1. The molecular weight excluding hydrogens is 394 g/mol. The molecule has 2 aromatic rings. The summed E-state index contributed by atoms with van der Waals surface area (Å²) in [6.45, 7) is 1.24. The van der Waals surface area contributed by atoms with E-state index >= 15 is 0 Å². The number of pyridine rings is 1. The number of nitrogens with zero attached hydrogens (tertiary/aromatic N) is 2. The highest BCUT2D eigenvalue weighted by molar-refractivity contribution is 9.11. The predicted molar refractivity (Wildman–Crippen MR) is 81.4 cm³/mol. The molecule has 7 heteroatoms. The van der Waals surface area contributed by atoms with Crippen LogP contribution >= 0.6 is 44.1 Å². The molecule has 0 saturated heterocycles. The molecule has 0 saturated carbocycles. The number of nitrogens with one attached hydrogen (secondary N) is 1. The Bertz CT molecular complexity index is 702. The van der Waals surface area contributed by atoms with Gasteiger partial charge in [0.05, 0.1) is 13.2 Å². The smallest absolute Gasteiger partial charge is 0.159 e. The molecule has 0 unspecified atom stereocenters. The van der Waals surface area contributed by atoms with Gasteiger partial charge in [-0.05, 0) is 37.9 Å². The molecule has 1 aliphatic rings. The summed E-state index contributed by atoms with van der Waals surface area (Å²) < 4.78 is 7.77. The minimum Gasteiger partial charge on any atom is -0.376 e. The molecule has 0 amide bonds. The molecule has 2 aromatic heterocycles. The molecular formula is C12H9Br2N3OS. The molecule has 0 bridgehead atoms. The third-order valence-electron chi connectivity index (χ3n) is 2.88. The van der Waals surface area contributed by atoms with Crippen LogP contribution in [-0.4, -0.2) is 21.6 Å². The van der Waals surface area contributed by atoms with Crippen molar-refractivity contribution < 1.29 is 4.74 Å². The van der Waals surface area contributed by atoms with Crippen molar-refractivity contribution in [2.24, 2.45) is 0 Å². The van der Waals surface area contributed by atoms with Crippen LogP contribution in [0.1, 0.15) is 11.3 Å². The molecule has 98 valence electrons. The SMILES string of the molecule is S=c1nc(-c2ncc(Br)cc2Br)[nH]c2c1COCC2. The minimum absolute atomic E-state index is 0.535.